The zero-order valence-corrected chi connectivity index (χ0v) is 8.80. The molecule has 0 atom stereocenters. The van der Waals surface area contributed by atoms with Gasteiger partial charge in [-0.25, -0.2) is 4.52 Å². The number of anilines is 1. The monoisotopic (exact) mass is 209 g/mol. The van der Waals surface area contributed by atoms with Crippen molar-refractivity contribution in [1.82, 2.24) is 19.6 Å². The lowest BCUT2D eigenvalue weighted by Gasteiger charge is -2.01. The molecule has 2 rings (SSSR count). The van der Waals surface area contributed by atoms with Crippen LogP contribution in [0.3, 0.4) is 0 Å². The molecule has 0 spiro atoms. The Kier molecular flexibility index (Phi) is 1.99. The lowest BCUT2D eigenvalue weighted by Crippen LogP contribution is -2.04. The third kappa shape index (κ3) is 1.27. The fourth-order valence-electron chi connectivity index (χ4n) is 1.37. The topological polar surface area (TPSA) is 72.0 Å². The highest BCUT2D eigenvalue weighted by atomic mass is 32.1. The van der Waals surface area contributed by atoms with Crippen molar-refractivity contribution in [3.8, 4) is 0 Å². The number of fused-ring (bicyclic) bond motifs is 1. The van der Waals surface area contributed by atoms with Gasteiger partial charge in [0.2, 0.25) is 10.7 Å². The highest BCUT2D eigenvalue weighted by Gasteiger charge is 2.10. The number of aromatic nitrogens is 4. The van der Waals surface area contributed by atoms with Crippen LogP contribution in [0.5, 0.6) is 0 Å². The first-order chi connectivity index (χ1) is 6.59. The molecule has 5 nitrogen and oxygen atoms in total. The molecule has 2 heterocycles. The van der Waals surface area contributed by atoms with Crippen molar-refractivity contribution >= 4 is 23.8 Å². The lowest BCUT2D eigenvalue weighted by molar-refractivity contribution is 0.868. The first-order valence-electron chi connectivity index (χ1n) is 4.33. The van der Waals surface area contributed by atoms with Crippen molar-refractivity contribution < 1.29 is 0 Å². The highest BCUT2D eigenvalue weighted by molar-refractivity contribution is 7.71. The van der Waals surface area contributed by atoms with Crippen molar-refractivity contribution in [2.24, 2.45) is 0 Å². The van der Waals surface area contributed by atoms with E-state index in [2.05, 4.69) is 28.9 Å². The van der Waals surface area contributed by atoms with Gasteiger partial charge in [-0.05, 0) is 18.1 Å². The van der Waals surface area contributed by atoms with E-state index in [0.29, 0.717) is 11.9 Å². The van der Waals surface area contributed by atoms with Crippen LogP contribution in [0.25, 0.3) is 5.65 Å². The minimum absolute atomic E-state index is 0.281. The Balaban J connectivity index is 2.85. The third-order valence-electron chi connectivity index (χ3n) is 2.08. The molecule has 0 unspecified atom stereocenters. The Morgan fingerprint density at radius 1 is 1.50 bits per heavy atom. The van der Waals surface area contributed by atoms with Crippen LogP contribution in [0, 0.1) is 4.77 Å². The van der Waals surface area contributed by atoms with E-state index in [0.717, 1.165) is 11.2 Å². The fourth-order valence-corrected chi connectivity index (χ4v) is 1.55. The molecule has 0 bridgehead atoms. The summed E-state index contributed by atoms with van der Waals surface area (Å²) < 4.78 is 1.91. The molecule has 0 aliphatic carbocycles. The average Bonchev–Trinajstić information content (AvgIpc) is 2.47. The van der Waals surface area contributed by atoms with Crippen LogP contribution >= 0.6 is 12.2 Å². The molecule has 0 saturated carbocycles. The van der Waals surface area contributed by atoms with Crippen LogP contribution in [0.1, 0.15) is 25.3 Å². The van der Waals surface area contributed by atoms with Gasteiger partial charge < -0.3 is 5.73 Å². The molecular formula is C8H11N5S. The maximum absolute atomic E-state index is 5.68. The number of aromatic amines is 1. The molecule has 0 amide bonds. The Morgan fingerprint density at radius 2 is 2.21 bits per heavy atom. The summed E-state index contributed by atoms with van der Waals surface area (Å²) in [6.07, 6.45) is 1.87. The van der Waals surface area contributed by atoms with E-state index in [4.69, 9.17) is 18.0 Å². The van der Waals surface area contributed by atoms with E-state index in [1.165, 1.54) is 0 Å². The number of nitrogens with two attached hydrogens (primary N) is 1. The summed E-state index contributed by atoms with van der Waals surface area (Å²) in [5, 5.41) is 2.99. The number of H-pyrrole nitrogens is 1. The highest BCUT2D eigenvalue weighted by Crippen LogP contribution is 2.18. The minimum atomic E-state index is 0.281. The predicted molar refractivity (Wildman–Crippen MR) is 56.7 cm³/mol. The van der Waals surface area contributed by atoms with E-state index >= 15 is 0 Å². The second-order valence-corrected chi connectivity index (χ2v) is 3.77. The number of rotatable bonds is 1. The zero-order valence-electron chi connectivity index (χ0n) is 7.98. The molecule has 0 aromatic carbocycles. The molecule has 0 aliphatic rings. The standard InChI is InChI=1S/C8H11N5S/c1-4(2)5-3-10-13-6(5)11-8(14)12-7(13)9/h3-4,10H,1-2H3,(H2,9,12,14). The summed E-state index contributed by atoms with van der Waals surface area (Å²) in [4.78, 5) is 8.06. The average molecular weight is 209 g/mol. The smallest absolute Gasteiger partial charge is 0.224 e. The van der Waals surface area contributed by atoms with Gasteiger partial charge in [0.15, 0.2) is 5.65 Å². The molecule has 0 aliphatic heterocycles. The van der Waals surface area contributed by atoms with Gasteiger partial charge >= 0.3 is 0 Å². The minimum Gasteiger partial charge on any atom is -0.368 e. The van der Waals surface area contributed by atoms with Gasteiger partial charge in [-0.1, -0.05) is 13.8 Å². The summed E-state index contributed by atoms with van der Waals surface area (Å²) in [5.74, 6) is 0.715. The van der Waals surface area contributed by atoms with E-state index in [9.17, 15) is 0 Å². The summed E-state index contributed by atoms with van der Waals surface area (Å²) in [6.45, 7) is 4.18. The normalized spacial score (nSPS) is 11.4. The van der Waals surface area contributed by atoms with E-state index in [1.54, 1.807) is 4.52 Å². The van der Waals surface area contributed by atoms with Gasteiger partial charge in [-0.2, -0.15) is 9.97 Å². The van der Waals surface area contributed by atoms with Crippen molar-refractivity contribution in [3.63, 3.8) is 0 Å². The number of nitrogens with zero attached hydrogens (tertiary/aromatic N) is 3. The van der Waals surface area contributed by atoms with Crippen LogP contribution in [0.4, 0.5) is 5.95 Å². The van der Waals surface area contributed by atoms with Crippen LogP contribution in [0.2, 0.25) is 0 Å². The second-order valence-electron chi connectivity index (χ2n) is 3.41. The molecule has 14 heavy (non-hydrogen) atoms. The van der Waals surface area contributed by atoms with Crippen LogP contribution in [-0.4, -0.2) is 19.6 Å². The Labute approximate surface area is 86.0 Å². The Hall–Kier alpha value is -1.43. The molecule has 3 N–H and O–H groups in total. The van der Waals surface area contributed by atoms with Gasteiger partial charge in [0, 0.05) is 11.8 Å². The largest absolute Gasteiger partial charge is 0.368 e. The number of nitrogen functional groups attached to an aromatic ring is 1. The van der Waals surface area contributed by atoms with Crippen molar-refractivity contribution in [2.75, 3.05) is 5.73 Å². The van der Waals surface area contributed by atoms with Gasteiger partial charge in [-0.3, -0.25) is 5.10 Å². The number of hydrogen-bond acceptors (Lipinski definition) is 4. The van der Waals surface area contributed by atoms with Crippen molar-refractivity contribution in [1.29, 1.82) is 0 Å². The molecule has 6 heteroatoms. The van der Waals surface area contributed by atoms with E-state index in [1.807, 2.05) is 6.20 Å². The zero-order chi connectivity index (χ0) is 10.3. The maximum atomic E-state index is 5.68. The molecule has 2 aromatic heterocycles. The molecular weight excluding hydrogens is 198 g/mol. The van der Waals surface area contributed by atoms with Crippen LogP contribution in [0.15, 0.2) is 6.20 Å². The maximum Gasteiger partial charge on any atom is 0.224 e. The fraction of sp³-hybridized carbons (Fsp3) is 0.375. The molecule has 0 radical (unpaired) electrons. The Morgan fingerprint density at radius 3 is 2.86 bits per heavy atom. The SMILES string of the molecule is CC(C)c1c[nH]n2c(N)nc(=S)nc12. The second kappa shape index (κ2) is 3.06. The first-order valence-corrected chi connectivity index (χ1v) is 4.74. The summed E-state index contributed by atoms with van der Waals surface area (Å²) >= 11 is 4.91. The number of nitrogens with one attached hydrogen (secondary N) is 1. The van der Waals surface area contributed by atoms with Crippen LogP contribution in [-0.2, 0) is 0 Å². The van der Waals surface area contributed by atoms with Crippen LogP contribution < -0.4 is 5.73 Å². The van der Waals surface area contributed by atoms with Gasteiger partial charge in [0.1, 0.15) is 0 Å². The molecule has 2 aromatic rings. The molecule has 0 fully saturated rings. The summed E-state index contributed by atoms with van der Waals surface area (Å²) in [6, 6.07) is 0. The van der Waals surface area contributed by atoms with Crippen molar-refractivity contribution in [3.05, 3.63) is 16.5 Å². The quantitative estimate of drug-likeness (QED) is 0.698. The summed E-state index contributed by atoms with van der Waals surface area (Å²) in [7, 11) is 0. The molecule has 0 saturated heterocycles. The third-order valence-corrected chi connectivity index (χ3v) is 2.26. The van der Waals surface area contributed by atoms with Crippen molar-refractivity contribution in [2.45, 2.75) is 19.8 Å². The predicted octanol–water partition coefficient (Wildman–Crippen LogP) is 1.49. The lowest BCUT2D eigenvalue weighted by atomic mass is 10.1. The van der Waals surface area contributed by atoms with Gasteiger partial charge in [0.05, 0.1) is 0 Å². The Bertz CT molecular complexity index is 524. The van der Waals surface area contributed by atoms with Gasteiger partial charge in [-0.15, -0.1) is 0 Å². The molecule has 74 valence electrons. The van der Waals surface area contributed by atoms with E-state index in [-0.39, 0.29) is 4.77 Å². The van der Waals surface area contributed by atoms with E-state index < -0.39 is 0 Å². The first kappa shape index (κ1) is 9.14. The summed E-state index contributed by atoms with van der Waals surface area (Å²) in [5.41, 5.74) is 7.53. The van der Waals surface area contributed by atoms with Gasteiger partial charge in [0.25, 0.3) is 0 Å². The number of hydrogen-bond donors (Lipinski definition) is 2.